The predicted molar refractivity (Wildman–Crippen MR) is 94.1 cm³/mol. The van der Waals surface area contributed by atoms with Crippen molar-refractivity contribution < 1.29 is 4.79 Å². The van der Waals surface area contributed by atoms with E-state index in [1.165, 1.54) is 6.20 Å². The third kappa shape index (κ3) is 4.81. The Morgan fingerprint density at radius 3 is 2.83 bits per heavy atom. The van der Waals surface area contributed by atoms with Gasteiger partial charge in [-0.15, -0.1) is 0 Å². The average Bonchev–Trinajstić information content (AvgIpc) is 2.53. The van der Waals surface area contributed by atoms with Crippen LogP contribution in [0.15, 0.2) is 52.8 Å². The normalized spacial score (nSPS) is 10.8. The van der Waals surface area contributed by atoms with Gasteiger partial charge in [0.25, 0.3) is 5.91 Å². The highest BCUT2D eigenvalue weighted by Gasteiger charge is 2.11. The lowest BCUT2D eigenvalue weighted by Crippen LogP contribution is -2.15. The van der Waals surface area contributed by atoms with Crippen molar-refractivity contribution in [2.75, 3.05) is 10.6 Å². The average molecular weight is 392 g/mol. The first-order valence-corrected chi connectivity index (χ1v) is 7.72. The zero-order valence-corrected chi connectivity index (χ0v) is 14.4. The number of anilines is 2. The van der Waals surface area contributed by atoms with Crippen LogP contribution in [0.5, 0.6) is 0 Å². The number of hydrogen-bond acceptors (Lipinski definition) is 4. The van der Waals surface area contributed by atoms with E-state index >= 15 is 0 Å². The van der Waals surface area contributed by atoms with Crippen molar-refractivity contribution in [1.29, 1.82) is 5.26 Å². The summed E-state index contributed by atoms with van der Waals surface area (Å²) in [7, 11) is 0. The van der Waals surface area contributed by atoms with Gasteiger partial charge in [0.2, 0.25) is 0 Å². The molecule has 1 aromatic heterocycles. The van der Waals surface area contributed by atoms with Gasteiger partial charge in [0.05, 0.1) is 0 Å². The highest BCUT2D eigenvalue weighted by Crippen LogP contribution is 2.20. The van der Waals surface area contributed by atoms with Crippen LogP contribution < -0.4 is 10.6 Å². The molecule has 0 unspecified atom stereocenters. The minimum Gasteiger partial charge on any atom is -0.345 e. The summed E-state index contributed by atoms with van der Waals surface area (Å²) < 4.78 is 0.835. The molecule has 0 aliphatic carbocycles. The lowest BCUT2D eigenvalue weighted by molar-refractivity contribution is -0.112. The largest absolute Gasteiger partial charge is 0.345 e. The van der Waals surface area contributed by atoms with E-state index in [0.717, 1.165) is 10.0 Å². The summed E-state index contributed by atoms with van der Waals surface area (Å²) in [5, 5.41) is 15.1. The van der Waals surface area contributed by atoms with Gasteiger partial charge in [0, 0.05) is 27.6 Å². The molecular weight excluding hydrogens is 380 g/mol. The molecule has 0 saturated heterocycles. The molecule has 116 valence electrons. The van der Waals surface area contributed by atoms with Crippen molar-refractivity contribution in [2.45, 2.75) is 6.92 Å². The molecule has 0 bridgehead atoms. The maximum atomic E-state index is 12.2. The molecule has 1 heterocycles. The van der Waals surface area contributed by atoms with Crippen molar-refractivity contribution in [3.05, 3.63) is 63.4 Å². The lowest BCUT2D eigenvalue weighted by Gasteiger charge is -2.08. The highest BCUT2D eigenvalue weighted by molar-refractivity contribution is 9.10. The van der Waals surface area contributed by atoms with Crippen molar-refractivity contribution in [3.8, 4) is 6.07 Å². The molecule has 5 nitrogen and oxygen atoms in total. The second-order valence-corrected chi connectivity index (χ2v) is 5.94. The molecule has 0 saturated carbocycles. The zero-order valence-electron chi connectivity index (χ0n) is 12.1. The van der Waals surface area contributed by atoms with Gasteiger partial charge in [-0.1, -0.05) is 17.7 Å². The molecule has 0 aliphatic rings. The first kappa shape index (κ1) is 17.0. The molecule has 0 aliphatic heterocycles. The van der Waals surface area contributed by atoms with Gasteiger partial charge < -0.3 is 10.6 Å². The Labute approximate surface area is 147 Å². The molecule has 0 atom stereocenters. The number of aryl methyl sites for hydroxylation is 1. The molecule has 0 radical (unpaired) electrons. The fourth-order valence-corrected chi connectivity index (χ4v) is 2.08. The van der Waals surface area contributed by atoms with Crippen LogP contribution in [0.25, 0.3) is 0 Å². The van der Waals surface area contributed by atoms with Crippen LogP contribution in [-0.2, 0) is 4.79 Å². The topological polar surface area (TPSA) is 77.8 Å². The number of carbonyl (C=O) groups is 1. The number of aromatic nitrogens is 1. The third-order valence-corrected chi connectivity index (χ3v) is 3.61. The Hall–Kier alpha value is -2.36. The maximum absolute atomic E-state index is 12.2. The number of amides is 1. The number of nitriles is 1. The molecule has 1 amide bonds. The Kier molecular flexibility index (Phi) is 5.74. The number of nitrogens with one attached hydrogen (secondary N) is 2. The lowest BCUT2D eigenvalue weighted by atomic mass is 10.2. The smallest absolute Gasteiger partial charge is 0.267 e. The van der Waals surface area contributed by atoms with E-state index in [-0.39, 0.29) is 5.57 Å². The first-order chi connectivity index (χ1) is 11.0. The van der Waals surface area contributed by atoms with E-state index < -0.39 is 5.91 Å². The minimum atomic E-state index is -0.525. The minimum absolute atomic E-state index is 0.0749. The number of carbonyl (C=O) groups excluding carboxylic acids is 1. The van der Waals surface area contributed by atoms with Crippen LogP contribution >= 0.6 is 27.5 Å². The summed E-state index contributed by atoms with van der Waals surface area (Å²) in [5.41, 5.74) is 1.34. The Morgan fingerprint density at radius 1 is 1.39 bits per heavy atom. The fourth-order valence-electron chi connectivity index (χ4n) is 1.67. The van der Waals surface area contributed by atoms with Gasteiger partial charge in [-0.3, -0.25) is 4.79 Å². The van der Waals surface area contributed by atoms with Gasteiger partial charge in [-0.05, 0) is 52.7 Å². The Morgan fingerprint density at radius 2 is 2.17 bits per heavy atom. The van der Waals surface area contributed by atoms with Gasteiger partial charge in [-0.25, -0.2) is 4.98 Å². The van der Waals surface area contributed by atoms with Gasteiger partial charge in [0.1, 0.15) is 17.5 Å². The summed E-state index contributed by atoms with van der Waals surface area (Å²) >= 11 is 9.19. The van der Waals surface area contributed by atoms with Gasteiger partial charge in [-0.2, -0.15) is 5.26 Å². The summed E-state index contributed by atoms with van der Waals surface area (Å²) in [6.07, 6.45) is 2.92. The van der Waals surface area contributed by atoms with Crippen molar-refractivity contribution in [2.24, 2.45) is 0 Å². The molecule has 1 aromatic carbocycles. The second kappa shape index (κ2) is 7.77. The monoisotopic (exact) mass is 390 g/mol. The first-order valence-electron chi connectivity index (χ1n) is 6.55. The molecule has 23 heavy (non-hydrogen) atoms. The summed E-state index contributed by atoms with van der Waals surface area (Å²) in [4.78, 5) is 16.3. The fraction of sp³-hybridized carbons (Fsp3) is 0.0625. The van der Waals surface area contributed by atoms with E-state index in [2.05, 4.69) is 31.5 Å². The number of hydrogen-bond donors (Lipinski definition) is 2. The van der Waals surface area contributed by atoms with Crippen LogP contribution in [-0.4, -0.2) is 10.9 Å². The summed E-state index contributed by atoms with van der Waals surface area (Å²) in [5.74, 6) is -0.00448. The van der Waals surface area contributed by atoms with Gasteiger partial charge in [0.15, 0.2) is 0 Å². The number of pyridine rings is 1. The van der Waals surface area contributed by atoms with Crippen LogP contribution in [0, 0.1) is 18.3 Å². The molecule has 0 fully saturated rings. The van der Waals surface area contributed by atoms with E-state index in [1.807, 2.05) is 13.0 Å². The molecule has 2 N–H and O–H groups in total. The van der Waals surface area contributed by atoms with Crippen LogP contribution in [0.1, 0.15) is 5.56 Å². The number of benzene rings is 1. The van der Waals surface area contributed by atoms with E-state index in [1.54, 1.807) is 36.5 Å². The maximum Gasteiger partial charge on any atom is 0.267 e. The summed E-state index contributed by atoms with van der Waals surface area (Å²) in [6, 6.07) is 10.5. The van der Waals surface area contributed by atoms with Crippen molar-refractivity contribution in [1.82, 2.24) is 4.98 Å². The Balaban J connectivity index is 2.12. The van der Waals surface area contributed by atoms with E-state index in [0.29, 0.717) is 16.5 Å². The summed E-state index contributed by atoms with van der Waals surface area (Å²) in [6.45, 7) is 1.84. The third-order valence-electron chi connectivity index (χ3n) is 2.90. The van der Waals surface area contributed by atoms with Crippen LogP contribution in [0.2, 0.25) is 5.02 Å². The molecule has 2 aromatic rings. The van der Waals surface area contributed by atoms with Crippen molar-refractivity contribution >= 4 is 44.9 Å². The number of rotatable bonds is 4. The second-order valence-electron chi connectivity index (χ2n) is 4.59. The van der Waals surface area contributed by atoms with E-state index in [4.69, 9.17) is 16.9 Å². The van der Waals surface area contributed by atoms with Crippen LogP contribution in [0.4, 0.5) is 11.5 Å². The predicted octanol–water partition coefficient (Wildman–Crippen LogP) is 4.26. The van der Waals surface area contributed by atoms with Gasteiger partial charge >= 0.3 is 0 Å². The van der Waals surface area contributed by atoms with Crippen molar-refractivity contribution in [3.63, 3.8) is 0 Å². The zero-order chi connectivity index (χ0) is 16.8. The molecule has 7 heteroatoms. The Bertz CT molecular complexity index is 797. The number of nitrogens with zero attached hydrogens (tertiary/aromatic N) is 2. The number of halogens is 2. The quantitative estimate of drug-likeness (QED) is 0.603. The van der Waals surface area contributed by atoms with E-state index in [9.17, 15) is 4.79 Å². The molecule has 2 rings (SSSR count). The SMILES string of the molecule is Cc1ccc(Cl)cc1NC(=O)/C(C#N)=C\Nc1ccc(Br)cn1. The highest BCUT2D eigenvalue weighted by atomic mass is 79.9. The molecule has 0 spiro atoms. The molecular formula is C16H12BrClN4O. The van der Waals surface area contributed by atoms with Crippen LogP contribution in [0.3, 0.4) is 0 Å². The standard InChI is InChI=1S/C16H12BrClN4O/c1-10-2-4-13(18)6-14(10)22-16(23)11(7-19)8-20-15-5-3-12(17)9-21-15/h2-6,8-9H,1H3,(H,20,21)(H,22,23)/b11-8-.